The number of thioether (sulfide) groups is 1. The molecule has 0 saturated carbocycles. The van der Waals surface area contributed by atoms with Crippen LogP contribution in [-0.4, -0.2) is 56.0 Å². The van der Waals surface area contributed by atoms with Crippen LogP contribution in [0.1, 0.15) is 0 Å². The molecular formula is C15H17N3O5S. The Kier molecular flexibility index (Phi) is 4.79. The molecule has 1 aromatic carbocycles. The molecule has 8 nitrogen and oxygen atoms in total. The van der Waals surface area contributed by atoms with Crippen LogP contribution < -0.4 is 15.1 Å². The van der Waals surface area contributed by atoms with E-state index in [9.17, 15) is 14.4 Å². The monoisotopic (exact) mass is 351 g/mol. The Balaban J connectivity index is 1.63. The first-order valence-electron chi connectivity index (χ1n) is 7.43. The number of carbonyl (C=O) groups excluding carboxylic acids is 3. The van der Waals surface area contributed by atoms with Crippen molar-refractivity contribution in [3.05, 3.63) is 24.3 Å². The van der Waals surface area contributed by atoms with E-state index in [0.29, 0.717) is 25.4 Å². The molecule has 1 aromatic rings. The number of hydrogen-bond donors (Lipinski definition) is 1. The number of cyclic esters (lactones) is 2. The molecule has 2 fully saturated rings. The molecule has 2 heterocycles. The van der Waals surface area contributed by atoms with Crippen molar-refractivity contribution in [2.24, 2.45) is 0 Å². The number of benzene rings is 1. The molecule has 2 aliphatic heterocycles. The molecule has 3 amide bonds. The van der Waals surface area contributed by atoms with Gasteiger partial charge in [-0.15, -0.1) is 0 Å². The van der Waals surface area contributed by atoms with Crippen molar-refractivity contribution in [1.82, 2.24) is 5.32 Å². The largest absolute Gasteiger partial charge is 0.447 e. The van der Waals surface area contributed by atoms with Crippen LogP contribution in [0.3, 0.4) is 0 Å². The Hall–Kier alpha value is -2.42. The van der Waals surface area contributed by atoms with E-state index in [0.717, 1.165) is 17.4 Å². The third-order valence-electron chi connectivity index (χ3n) is 3.77. The first-order chi connectivity index (χ1) is 11.6. The minimum atomic E-state index is -0.452. The fourth-order valence-electron chi connectivity index (χ4n) is 2.55. The summed E-state index contributed by atoms with van der Waals surface area (Å²) in [4.78, 5) is 37.8. The fraction of sp³-hybridized carbons (Fsp3) is 0.400. The minimum absolute atomic E-state index is 0.161. The van der Waals surface area contributed by atoms with E-state index in [1.54, 1.807) is 30.5 Å². The zero-order chi connectivity index (χ0) is 17.1. The van der Waals surface area contributed by atoms with E-state index >= 15 is 0 Å². The van der Waals surface area contributed by atoms with Crippen molar-refractivity contribution in [3.8, 4) is 0 Å². The standard InChI is InChI=1S/C15H17N3O5S/c1-24-13(19)16-8-12-9-18(15(21)23-12)11-4-2-10(3-5-11)17-6-7-22-14(17)20/h2-5,12H,6-9H2,1H3,(H,16,19)/t12-/m0/s1. The highest BCUT2D eigenvalue weighted by Crippen LogP contribution is 2.26. The van der Waals surface area contributed by atoms with Gasteiger partial charge in [0.05, 0.1) is 19.6 Å². The molecule has 0 aromatic heterocycles. The second-order valence-corrected chi connectivity index (χ2v) is 6.05. The molecule has 0 spiro atoms. The molecule has 24 heavy (non-hydrogen) atoms. The maximum absolute atomic E-state index is 12.0. The van der Waals surface area contributed by atoms with Gasteiger partial charge in [-0.1, -0.05) is 11.8 Å². The second kappa shape index (κ2) is 7.00. The lowest BCUT2D eigenvalue weighted by atomic mass is 10.2. The molecule has 0 aliphatic carbocycles. The highest BCUT2D eigenvalue weighted by Gasteiger charge is 2.32. The van der Waals surface area contributed by atoms with Crippen LogP contribution in [0.25, 0.3) is 0 Å². The van der Waals surface area contributed by atoms with Gasteiger partial charge in [-0.2, -0.15) is 0 Å². The van der Waals surface area contributed by atoms with Gasteiger partial charge in [0, 0.05) is 11.4 Å². The van der Waals surface area contributed by atoms with Gasteiger partial charge >= 0.3 is 12.2 Å². The third-order valence-corrected chi connectivity index (χ3v) is 4.28. The van der Waals surface area contributed by atoms with Crippen LogP contribution in [0.15, 0.2) is 24.3 Å². The van der Waals surface area contributed by atoms with Crippen LogP contribution in [-0.2, 0) is 9.47 Å². The number of ether oxygens (including phenoxy) is 2. The lowest BCUT2D eigenvalue weighted by Crippen LogP contribution is -2.32. The number of nitrogens with zero attached hydrogens (tertiary/aromatic N) is 2. The predicted molar refractivity (Wildman–Crippen MR) is 89.7 cm³/mol. The molecule has 2 aliphatic rings. The van der Waals surface area contributed by atoms with Gasteiger partial charge in [0.25, 0.3) is 5.24 Å². The highest BCUT2D eigenvalue weighted by atomic mass is 32.2. The Morgan fingerprint density at radius 1 is 1.21 bits per heavy atom. The number of amides is 3. The fourth-order valence-corrected chi connectivity index (χ4v) is 2.78. The summed E-state index contributed by atoms with van der Waals surface area (Å²) >= 11 is 1.07. The summed E-state index contributed by atoms with van der Waals surface area (Å²) in [6, 6.07) is 7.03. The third kappa shape index (κ3) is 3.40. The van der Waals surface area contributed by atoms with Crippen LogP contribution >= 0.6 is 11.8 Å². The molecule has 1 atom stereocenters. The van der Waals surface area contributed by atoms with Gasteiger partial charge in [-0.25, -0.2) is 9.59 Å². The van der Waals surface area contributed by atoms with E-state index in [4.69, 9.17) is 9.47 Å². The average molecular weight is 351 g/mol. The van der Waals surface area contributed by atoms with E-state index in [2.05, 4.69) is 5.32 Å². The smallest absolute Gasteiger partial charge is 0.414 e. The molecule has 0 bridgehead atoms. The zero-order valence-corrected chi connectivity index (χ0v) is 13.9. The van der Waals surface area contributed by atoms with E-state index in [1.807, 2.05) is 0 Å². The summed E-state index contributed by atoms with van der Waals surface area (Å²) in [5.41, 5.74) is 1.40. The lowest BCUT2D eigenvalue weighted by Gasteiger charge is -2.16. The minimum Gasteiger partial charge on any atom is -0.447 e. The molecule has 0 radical (unpaired) electrons. The molecule has 9 heteroatoms. The molecule has 0 unspecified atom stereocenters. The number of rotatable bonds is 4. The van der Waals surface area contributed by atoms with Crippen LogP contribution in [0.4, 0.5) is 25.8 Å². The summed E-state index contributed by atoms with van der Waals surface area (Å²) in [5.74, 6) is 0. The van der Waals surface area contributed by atoms with E-state index < -0.39 is 6.09 Å². The number of carbonyl (C=O) groups is 3. The van der Waals surface area contributed by atoms with Crippen molar-refractivity contribution >= 4 is 40.6 Å². The van der Waals surface area contributed by atoms with Gasteiger partial charge in [0.2, 0.25) is 0 Å². The normalized spacial score (nSPS) is 20.1. The van der Waals surface area contributed by atoms with Crippen LogP contribution in [0.2, 0.25) is 0 Å². The summed E-state index contributed by atoms with van der Waals surface area (Å²) in [6.45, 7) is 1.53. The van der Waals surface area contributed by atoms with Crippen molar-refractivity contribution in [2.75, 3.05) is 42.3 Å². The molecule has 3 rings (SSSR count). The quantitative estimate of drug-likeness (QED) is 0.893. The van der Waals surface area contributed by atoms with Crippen molar-refractivity contribution in [1.29, 1.82) is 0 Å². The topological polar surface area (TPSA) is 88.2 Å². The predicted octanol–water partition coefficient (Wildman–Crippen LogP) is 2.04. The van der Waals surface area contributed by atoms with Gasteiger partial charge in [-0.3, -0.25) is 14.6 Å². The Bertz CT molecular complexity index is 651. The first-order valence-corrected chi connectivity index (χ1v) is 8.65. The van der Waals surface area contributed by atoms with Crippen molar-refractivity contribution in [3.63, 3.8) is 0 Å². The average Bonchev–Trinajstić information content (AvgIpc) is 3.18. The second-order valence-electron chi connectivity index (χ2n) is 5.27. The SMILES string of the molecule is CSC(=O)NC[C@H]1CN(c2ccc(N3CCOC3=O)cc2)C(=O)O1. The molecule has 128 valence electrons. The summed E-state index contributed by atoms with van der Waals surface area (Å²) in [5, 5.41) is 2.52. The van der Waals surface area contributed by atoms with Gasteiger partial charge in [0.1, 0.15) is 12.7 Å². The Morgan fingerprint density at radius 2 is 1.88 bits per heavy atom. The highest BCUT2D eigenvalue weighted by molar-refractivity contribution is 8.12. The summed E-state index contributed by atoms with van der Waals surface area (Å²) in [7, 11) is 0. The maximum atomic E-state index is 12.0. The lowest BCUT2D eigenvalue weighted by molar-refractivity contribution is 0.141. The van der Waals surface area contributed by atoms with Crippen LogP contribution in [0.5, 0.6) is 0 Å². The molecule has 1 N–H and O–H groups in total. The van der Waals surface area contributed by atoms with Gasteiger partial charge in [0.15, 0.2) is 0 Å². The number of hydrogen-bond acceptors (Lipinski definition) is 6. The van der Waals surface area contributed by atoms with Crippen LogP contribution in [0, 0.1) is 0 Å². The van der Waals surface area contributed by atoms with E-state index in [1.165, 1.54) is 9.80 Å². The Labute approximate surface area is 143 Å². The molecule has 2 saturated heterocycles. The van der Waals surface area contributed by atoms with Crippen molar-refractivity contribution < 1.29 is 23.9 Å². The zero-order valence-electron chi connectivity index (χ0n) is 13.1. The van der Waals surface area contributed by atoms with E-state index in [-0.39, 0.29) is 24.0 Å². The van der Waals surface area contributed by atoms with Gasteiger partial charge in [-0.05, 0) is 30.5 Å². The van der Waals surface area contributed by atoms with Gasteiger partial charge < -0.3 is 14.8 Å². The maximum Gasteiger partial charge on any atom is 0.414 e. The number of nitrogens with one attached hydrogen (secondary N) is 1. The number of anilines is 2. The summed E-state index contributed by atoms with van der Waals surface area (Å²) in [6.07, 6.45) is 0.474. The Morgan fingerprint density at radius 3 is 2.46 bits per heavy atom. The molecular weight excluding hydrogens is 334 g/mol. The summed E-state index contributed by atoms with van der Waals surface area (Å²) < 4.78 is 10.2. The van der Waals surface area contributed by atoms with Crippen molar-refractivity contribution in [2.45, 2.75) is 6.10 Å². The first kappa shape index (κ1) is 16.4.